The highest BCUT2D eigenvalue weighted by atomic mass is 127. The maximum absolute atomic E-state index is 5.23. The lowest BCUT2D eigenvalue weighted by Crippen LogP contribution is -2.37. The SMILES string of the molecule is CCNC(=NCc1cccc(OC)c1)NCCCCCOC.I. The Labute approximate surface area is 157 Å². The van der Waals surface area contributed by atoms with Crippen molar-refractivity contribution in [1.82, 2.24) is 10.6 Å². The monoisotopic (exact) mass is 435 g/mol. The van der Waals surface area contributed by atoms with Gasteiger partial charge in [-0.1, -0.05) is 12.1 Å². The van der Waals surface area contributed by atoms with Gasteiger partial charge in [0.2, 0.25) is 0 Å². The first-order valence-electron chi connectivity index (χ1n) is 7.94. The molecule has 0 heterocycles. The van der Waals surface area contributed by atoms with E-state index in [1.807, 2.05) is 18.2 Å². The number of hydrogen-bond donors (Lipinski definition) is 2. The van der Waals surface area contributed by atoms with Gasteiger partial charge in [-0.3, -0.25) is 0 Å². The smallest absolute Gasteiger partial charge is 0.191 e. The third-order valence-electron chi connectivity index (χ3n) is 3.22. The summed E-state index contributed by atoms with van der Waals surface area (Å²) in [6, 6.07) is 7.99. The second-order valence-corrected chi connectivity index (χ2v) is 5.03. The molecular weight excluding hydrogens is 405 g/mol. The molecule has 0 spiro atoms. The van der Waals surface area contributed by atoms with Gasteiger partial charge in [0.15, 0.2) is 5.96 Å². The Morgan fingerprint density at radius 3 is 2.65 bits per heavy atom. The molecule has 0 unspecified atom stereocenters. The predicted octanol–water partition coefficient (Wildman–Crippen LogP) is 3.19. The maximum Gasteiger partial charge on any atom is 0.191 e. The van der Waals surface area contributed by atoms with Crippen LogP contribution in [0.25, 0.3) is 0 Å². The second kappa shape index (κ2) is 14.6. The van der Waals surface area contributed by atoms with Crippen molar-refractivity contribution in [3.63, 3.8) is 0 Å². The van der Waals surface area contributed by atoms with Crippen molar-refractivity contribution in [3.8, 4) is 5.75 Å². The lowest BCUT2D eigenvalue weighted by molar-refractivity contribution is 0.192. The van der Waals surface area contributed by atoms with E-state index in [9.17, 15) is 0 Å². The molecule has 0 bridgehead atoms. The zero-order valence-electron chi connectivity index (χ0n) is 14.4. The molecule has 132 valence electrons. The van der Waals surface area contributed by atoms with Gasteiger partial charge in [-0.15, -0.1) is 24.0 Å². The third kappa shape index (κ3) is 10.4. The molecule has 23 heavy (non-hydrogen) atoms. The summed E-state index contributed by atoms with van der Waals surface area (Å²) < 4.78 is 10.3. The van der Waals surface area contributed by atoms with Gasteiger partial charge in [-0.25, -0.2) is 4.99 Å². The van der Waals surface area contributed by atoms with E-state index in [2.05, 4.69) is 28.6 Å². The van der Waals surface area contributed by atoms with E-state index in [1.165, 1.54) is 0 Å². The predicted molar refractivity (Wildman–Crippen MR) is 107 cm³/mol. The molecule has 1 aromatic rings. The molecule has 0 fully saturated rings. The average Bonchev–Trinajstić information content (AvgIpc) is 2.56. The van der Waals surface area contributed by atoms with Crippen molar-refractivity contribution < 1.29 is 9.47 Å². The molecule has 0 aliphatic rings. The van der Waals surface area contributed by atoms with Gasteiger partial charge in [0, 0.05) is 26.8 Å². The first kappa shape index (κ1) is 22.0. The highest BCUT2D eigenvalue weighted by molar-refractivity contribution is 14.0. The minimum absolute atomic E-state index is 0. The van der Waals surface area contributed by atoms with Gasteiger partial charge in [0.25, 0.3) is 0 Å². The molecule has 0 aromatic heterocycles. The van der Waals surface area contributed by atoms with Crippen molar-refractivity contribution in [3.05, 3.63) is 29.8 Å². The van der Waals surface area contributed by atoms with Gasteiger partial charge in [0.1, 0.15) is 5.75 Å². The summed E-state index contributed by atoms with van der Waals surface area (Å²) >= 11 is 0. The molecule has 0 aliphatic carbocycles. The zero-order chi connectivity index (χ0) is 16.0. The Kier molecular flexibility index (Phi) is 13.9. The van der Waals surface area contributed by atoms with E-state index in [0.717, 1.165) is 56.2 Å². The Balaban J connectivity index is 0.00000484. The van der Waals surface area contributed by atoms with Crippen LogP contribution in [-0.2, 0) is 11.3 Å². The van der Waals surface area contributed by atoms with Crippen molar-refractivity contribution >= 4 is 29.9 Å². The number of guanidine groups is 1. The number of benzene rings is 1. The highest BCUT2D eigenvalue weighted by Gasteiger charge is 1.99. The Morgan fingerprint density at radius 1 is 1.13 bits per heavy atom. The van der Waals surface area contributed by atoms with Gasteiger partial charge >= 0.3 is 0 Å². The molecule has 0 saturated carbocycles. The average molecular weight is 435 g/mol. The van der Waals surface area contributed by atoms with E-state index >= 15 is 0 Å². The molecule has 0 radical (unpaired) electrons. The molecule has 5 nitrogen and oxygen atoms in total. The van der Waals surface area contributed by atoms with Gasteiger partial charge in [0.05, 0.1) is 13.7 Å². The van der Waals surface area contributed by atoms with Crippen molar-refractivity contribution in [1.29, 1.82) is 0 Å². The quantitative estimate of drug-likeness (QED) is 0.257. The van der Waals surface area contributed by atoms with Crippen molar-refractivity contribution in [2.24, 2.45) is 4.99 Å². The number of halogens is 1. The molecule has 0 atom stereocenters. The van der Waals surface area contributed by atoms with E-state index in [0.29, 0.717) is 6.54 Å². The van der Waals surface area contributed by atoms with Gasteiger partial charge in [-0.2, -0.15) is 0 Å². The summed E-state index contributed by atoms with van der Waals surface area (Å²) in [5.74, 6) is 1.72. The van der Waals surface area contributed by atoms with Crippen LogP contribution < -0.4 is 15.4 Å². The van der Waals surface area contributed by atoms with Crippen LogP contribution >= 0.6 is 24.0 Å². The van der Waals surface area contributed by atoms with Crippen LogP contribution in [-0.4, -0.2) is 39.9 Å². The first-order valence-corrected chi connectivity index (χ1v) is 7.94. The minimum atomic E-state index is 0. The van der Waals surface area contributed by atoms with Crippen LogP contribution in [0.15, 0.2) is 29.3 Å². The van der Waals surface area contributed by atoms with Crippen LogP contribution in [0, 0.1) is 0 Å². The standard InChI is InChI=1S/C17H29N3O2.HI/c1-4-18-17(19-11-6-5-7-12-21-2)20-14-15-9-8-10-16(13-15)22-3;/h8-10,13H,4-7,11-12,14H2,1-3H3,(H2,18,19,20);1H. The minimum Gasteiger partial charge on any atom is -0.497 e. The molecule has 1 aromatic carbocycles. The van der Waals surface area contributed by atoms with Crippen LogP contribution in [0.3, 0.4) is 0 Å². The van der Waals surface area contributed by atoms with Crippen LogP contribution in [0.2, 0.25) is 0 Å². The Hall–Kier alpha value is -1.02. The van der Waals surface area contributed by atoms with Gasteiger partial charge in [-0.05, 0) is 43.9 Å². The number of methoxy groups -OCH3 is 2. The molecule has 0 amide bonds. The number of aliphatic imine (C=N–C) groups is 1. The fourth-order valence-electron chi connectivity index (χ4n) is 2.04. The summed E-state index contributed by atoms with van der Waals surface area (Å²) in [5.41, 5.74) is 1.14. The fraction of sp³-hybridized carbons (Fsp3) is 0.588. The van der Waals surface area contributed by atoms with Crippen LogP contribution in [0.1, 0.15) is 31.7 Å². The first-order chi connectivity index (χ1) is 10.8. The van der Waals surface area contributed by atoms with Crippen molar-refractivity contribution in [2.75, 3.05) is 33.9 Å². The second-order valence-electron chi connectivity index (χ2n) is 5.03. The number of nitrogens with zero attached hydrogens (tertiary/aromatic N) is 1. The molecule has 1 rings (SSSR count). The highest BCUT2D eigenvalue weighted by Crippen LogP contribution is 2.13. The van der Waals surface area contributed by atoms with Gasteiger partial charge < -0.3 is 20.1 Å². The molecule has 2 N–H and O–H groups in total. The van der Waals surface area contributed by atoms with Crippen molar-refractivity contribution in [2.45, 2.75) is 32.7 Å². The maximum atomic E-state index is 5.23. The van der Waals surface area contributed by atoms with E-state index in [1.54, 1.807) is 14.2 Å². The lowest BCUT2D eigenvalue weighted by Gasteiger charge is -2.11. The summed E-state index contributed by atoms with van der Waals surface area (Å²) in [5, 5.41) is 6.63. The van der Waals surface area contributed by atoms with E-state index < -0.39 is 0 Å². The molecular formula is C17H30IN3O2. The number of ether oxygens (including phenoxy) is 2. The Bertz CT molecular complexity index is 442. The number of nitrogens with one attached hydrogen (secondary N) is 2. The zero-order valence-corrected chi connectivity index (χ0v) is 16.8. The lowest BCUT2D eigenvalue weighted by atomic mass is 10.2. The number of hydrogen-bond acceptors (Lipinski definition) is 3. The number of unbranched alkanes of at least 4 members (excludes halogenated alkanes) is 2. The van der Waals surface area contributed by atoms with Crippen LogP contribution in [0.5, 0.6) is 5.75 Å². The molecule has 0 saturated heterocycles. The Morgan fingerprint density at radius 2 is 1.96 bits per heavy atom. The molecule has 0 aliphatic heterocycles. The normalized spacial score (nSPS) is 10.8. The fourth-order valence-corrected chi connectivity index (χ4v) is 2.04. The topological polar surface area (TPSA) is 54.9 Å². The third-order valence-corrected chi connectivity index (χ3v) is 3.22. The molecule has 6 heteroatoms. The van der Waals surface area contributed by atoms with Crippen LogP contribution in [0.4, 0.5) is 0 Å². The summed E-state index contributed by atoms with van der Waals surface area (Å²) in [7, 11) is 3.42. The summed E-state index contributed by atoms with van der Waals surface area (Å²) in [6.07, 6.45) is 3.39. The van der Waals surface area contributed by atoms with E-state index in [4.69, 9.17) is 9.47 Å². The number of rotatable bonds is 10. The summed E-state index contributed by atoms with van der Waals surface area (Å²) in [4.78, 5) is 4.61. The summed E-state index contributed by atoms with van der Waals surface area (Å²) in [6.45, 7) is 5.32. The van der Waals surface area contributed by atoms with E-state index in [-0.39, 0.29) is 24.0 Å². The largest absolute Gasteiger partial charge is 0.497 e.